The summed E-state index contributed by atoms with van der Waals surface area (Å²) in [4.78, 5) is 21.8. The van der Waals surface area contributed by atoms with Gasteiger partial charge in [0.2, 0.25) is 0 Å². The Morgan fingerprint density at radius 1 is 1.24 bits per heavy atom. The molecule has 2 aromatic heterocycles. The maximum absolute atomic E-state index is 13.0. The number of ether oxygens (including phenoxy) is 1. The average molecular weight is 399 g/mol. The molecule has 29 heavy (non-hydrogen) atoms. The third-order valence-corrected chi connectivity index (χ3v) is 6.99. The number of rotatable bonds is 2. The fourth-order valence-electron chi connectivity index (χ4n) is 5.38. The van der Waals surface area contributed by atoms with Crippen molar-refractivity contribution in [2.24, 2.45) is 5.41 Å². The highest BCUT2D eigenvalue weighted by Gasteiger charge is 2.44. The zero-order valence-electron chi connectivity index (χ0n) is 16.7. The molecule has 5 heterocycles. The van der Waals surface area contributed by atoms with Gasteiger partial charge < -0.3 is 14.7 Å². The molecule has 5 rings (SSSR count). The number of hydrogen-bond acceptors (Lipinski definition) is 6. The molecular formula is C21H29N5O3. The summed E-state index contributed by atoms with van der Waals surface area (Å²) in [6.07, 6.45) is 6.24. The number of aromatic amines is 1. The number of amides is 1. The van der Waals surface area contributed by atoms with Crippen molar-refractivity contribution in [2.75, 3.05) is 39.4 Å². The molecule has 0 aromatic carbocycles. The van der Waals surface area contributed by atoms with E-state index in [4.69, 9.17) is 4.74 Å². The lowest BCUT2D eigenvalue weighted by molar-refractivity contribution is -0.0695. The van der Waals surface area contributed by atoms with Crippen molar-refractivity contribution < 1.29 is 14.6 Å². The van der Waals surface area contributed by atoms with E-state index in [0.29, 0.717) is 17.4 Å². The Kier molecular flexibility index (Phi) is 5.01. The molecule has 8 nitrogen and oxygen atoms in total. The highest BCUT2D eigenvalue weighted by Crippen LogP contribution is 2.41. The fraction of sp³-hybridized carbons (Fsp3) is 0.667. The third kappa shape index (κ3) is 3.76. The van der Waals surface area contributed by atoms with Gasteiger partial charge in [-0.15, -0.1) is 0 Å². The van der Waals surface area contributed by atoms with Gasteiger partial charge in [0, 0.05) is 50.8 Å². The highest BCUT2D eigenvalue weighted by atomic mass is 16.5. The van der Waals surface area contributed by atoms with Crippen LogP contribution in [0.25, 0.3) is 11.0 Å². The van der Waals surface area contributed by atoms with Crippen LogP contribution >= 0.6 is 0 Å². The molecule has 1 unspecified atom stereocenters. The van der Waals surface area contributed by atoms with Crippen molar-refractivity contribution in [1.82, 2.24) is 25.0 Å². The molecular weight excluding hydrogens is 370 g/mol. The molecule has 1 amide bonds. The molecule has 2 aromatic rings. The van der Waals surface area contributed by atoms with Gasteiger partial charge in [-0.2, -0.15) is 5.10 Å². The van der Waals surface area contributed by atoms with E-state index in [2.05, 4.69) is 20.1 Å². The van der Waals surface area contributed by atoms with Crippen LogP contribution in [0.2, 0.25) is 0 Å². The first kappa shape index (κ1) is 19.0. The quantitative estimate of drug-likeness (QED) is 0.793. The van der Waals surface area contributed by atoms with Gasteiger partial charge in [-0.3, -0.25) is 14.8 Å². The van der Waals surface area contributed by atoms with Gasteiger partial charge in [0.25, 0.3) is 5.91 Å². The Hall–Kier alpha value is -2.03. The number of piperidine rings is 2. The number of carbonyl (C=O) groups is 1. The van der Waals surface area contributed by atoms with Crippen molar-refractivity contribution in [3.05, 3.63) is 24.0 Å². The summed E-state index contributed by atoms with van der Waals surface area (Å²) in [5.74, 6) is -0.0195. The zero-order chi connectivity index (χ0) is 19.8. The lowest BCUT2D eigenvalue weighted by atomic mass is 9.71. The minimum absolute atomic E-state index is 0.0195. The Balaban J connectivity index is 1.25. The zero-order valence-corrected chi connectivity index (χ0v) is 16.7. The second-order valence-electron chi connectivity index (χ2n) is 8.93. The second-order valence-corrected chi connectivity index (χ2v) is 8.93. The lowest BCUT2D eigenvalue weighted by Gasteiger charge is -2.51. The SMILES string of the molecule is O=C(c1ccc2cn[nH]c2n1)N1CCC2(CC1)CC(O)CN(C1CCOCC1)C2. The van der Waals surface area contributed by atoms with Crippen LogP contribution in [0.3, 0.4) is 0 Å². The molecule has 3 aliphatic rings. The Bertz CT molecular complexity index is 870. The molecule has 0 radical (unpaired) electrons. The first-order chi connectivity index (χ1) is 14.1. The van der Waals surface area contributed by atoms with Crippen LogP contribution < -0.4 is 0 Å². The standard InChI is InChI=1S/C21H29N5O3/c27-17-11-21(14-26(13-17)16-3-9-29-10-4-16)5-7-25(8-6-21)20(28)18-2-1-15-12-22-24-19(15)23-18/h1-2,12,16-17,27H,3-11,13-14H2,(H,22,23,24). The van der Waals surface area contributed by atoms with E-state index in [1.54, 1.807) is 12.3 Å². The van der Waals surface area contributed by atoms with E-state index in [-0.39, 0.29) is 17.4 Å². The molecule has 1 atom stereocenters. The molecule has 8 heteroatoms. The molecule has 156 valence electrons. The highest BCUT2D eigenvalue weighted by molar-refractivity contribution is 5.94. The summed E-state index contributed by atoms with van der Waals surface area (Å²) in [5, 5.41) is 18.3. The number of β-amino-alcohol motifs (C(OH)–C–C–N with tert-alkyl or cyclic N) is 1. The Labute approximate surface area is 170 Å². The van der Waals surface area contributed by atoms with E-state index in [1.807, 2.05) is 11.0 Å². The number of nitrogens with one attached hydrogen (secondary N) is 1. The van der Waals surface area contributed by atoms with E-state index in [9.17, 15) is 9.90 Å². The number of carbonyl (C=O) groups excluding carboxylic acids is 1. The summed E-state index contributed by atoms with van der Waals surface area (Å²) in [6, 6.07) is 4.18. The summed E-state index contributed by atoms with van der Waals surface area (Å²) in [7, 11) is 0. The van der Waals surface area contributed by atoms with Crippen molar-refractivity contribution in [3.8, 4) is 0 Å². The second kappa shape index (κ2) is 7.66. The van der Waals surface area contributed by atoms with Crippen LogP contribution in [-0.4, -0.2) is 87.5 Å². The third-order valence-electron chi connectivity index (χ3n) is 6.99. The van der Waals surface area contributed by atoms with Crippen LogP contribution in [0.1, 0.15) is 42.6 Å². The lowest BCUT2D eigenvalue weighted by Crippen LogP contribution is -2.57. The van der Waals surface area contributed by atoms with Gasteiger partial charge in [0.1, 0.15) is 5.69 Å². The van der Waals surface area contributed by atoms with E-state index in [1.165, 1.54) is 0 Å². The number of fused-ring (bicyclic) bond motifs is 1. The van der Waals surface area contributed by atoms with Crippen LogP contribution in [0.5, 0.6) is 0 Å². The molecule has 0 aliphatic carbocycles. The number of aliphatic hydroxyl groups is 1. The van der Waals surface area contributed by atoms with Gasteiger partial charge in [0.05, 0.1) is 12.3 Å². The van der Waals surface area contributed by atoms with Crippen LogP contribution in [0, 0.1) is 5.41 Å². The normalized spacial score (nSPS) is 26.2. The molecule has 1 spiro atoms. The van der Waals surface area contributed by atoms with Crippen LogP contribution in [-0.2, 0) is 4.74 Å². The largest absolute Gasteiger partial charge is 0.392 e. The number of aromatic nitrogens is 3. The average Bonchev–Trinajstić information content (AvgIpc) is 3.22. The first-order valence-electron chi connectivity index (χ1n) is 10.7. The maximum atomic E-state index is 13.0. The minimum Gasteiger partial charge on any atom is -0.392 e. The number of aliphatic hydroxyl groups excluding tert-OH is 1. The molecule has 2 N–H and O–H groups in total. The van der Waals surface area contributed by atoms with Crippen molar-refractivity contribution in [1.29, 1.82) is 0 Å². The van der Waals surface area contributed by atoms with Gasteiger partial charge >= 0.3 is 0 Å². The van der Waals surface area contributed by atoms with Crippen molar-refractivity contribution in [3.63, 3.8) is 0 Å². The monoisotopic (exact) mass is 399 g/mol. The number of hydrogen-bond donors (Lipinski definition) is 2. The number of H-pyrrole nitrogens is 1. The fourth-order valence-corrected chi connectivity index (χ4v) is 5.38. The minimum atomic E-state index is -0.279. The van der Waals surface area contributed by atoms with E-state index >= 15 is 0 Å². The predicted octanol–water partition coefficient (Wildman–Crippen LogP) is 1.43. The molecule has 3 saturated heterocycles. The summed E-state index contributed by atoms with van der Waals surface area (Å²) in [6.45, 7) is 4.87. The summed E-state index contributed by atoms with van der Waals surface area (Å²) < 4.78 is 5.51. The summed E-state index contributed by atoms with van der Waals surface area (Å²) >= 11 is 0. The number of pyridine rings is 1. The maximum Gasteiger partial charge on any atom is 0.272 e. The smallest absolute Gasteiger partial charge is 0.272 e. The van der Waals surface area contributed by atoms with Gasteiger partial charge in [-0.05, 0) is 49.7 Å². The molecule has 0 bridgehead atoms. The van der Waals surface area contributed by atoms with Gasteiger partial charge in [-0.1, -0.05) is 0 Å². The van der Waals surface area contributed by atoms with E-state index in [0.717, 1.165) is 76.9 Å². The van der Waals surface area contributed by atoms with Crippen molar-refractivity contribution in [2.45, 2.75) is 44.2 Å². The molecule has 0 saturated carbocycles. The van der Waals surface area contributed by atoms with Crippen LogP contribution in [0.4, 0.5) is 0 Å². The van der Waals surface area contributed by atoms with Gasteiger partial charge in [0.15, 0.2) is 5.65 Å². The Morgan fingerprint density at radius 3 is 2.83 bits per heavy atom. The topological polar surface area (TPSA) is 94.6 Å². The summed E-state index contributed by atoms with van der Waals surface area (Å²) in [5.41, 5.74) is 1.21. The predicted molar refractivity (Wildman–Crippen MR) is 107 cm³/mol. The Morgan fingerprint density at radius 2 is 2.03 bits per heavy atom. The van der Waals surface area contributed by atoms with Crippen LogP contribution in [0.15, 0.2) is 18.3 Å². The first-order valence-corrected chi connectivity index (χ1v) is 10.7. The number of likely N-dealkylation sites (tertiary alicyclic amines) is 2. The molecule has 3 aliphatic heterocycles. The molecule has 3 fully saturated rings. The van der Waals surface area contributed by atoms with Gasteiger partial charge in [-0.25, -0.2) is 4.98 Å². The number of nitrogens with zero attached hydrogens (tertiary/aromatic N) is 4. The van der Waals surface area contributed by atoms with E-state index < -0.39 is 0 Å². The van der Waals surface area contributed by atoms with Crippen molar-refractivity contribution >= 4 is 16.9 Å².